The lowest BCUT2D eigenvalue weighted by Gasteiger charge is -2.10. The summed E-state index contributed by atoms with van der Waals surface area (Å²) in [6.45, 7) is 0. The van der Waals surface area contributed by atoms with Gasteiger partial charge in [0.05, 0.1) is 16.0 Å². The van der Waals surface area contributed by atoms with Gasteiger partial charge >= 0.3 is 11.6 Å². The molecule has 0 aliphatic rings. The van der Waals surface area contributed by atoms with Crippen LogP contribution < -0.4 is 15.6 Å². The van der Waals surface area contributed by atoms with Crippen LogP contribution in [0, 0.1) is 20.2 Å². The van der Waals surface area contributed by atoms with E-state index in [4.69, 9.17) is 16.3 Å². The Morgan fingerprint density at radius 3 is 2.60 bits per heavy atom. The third-order valence-electron chi connectivity index (χ3n) is 3.52. The van der Waals surface area contributed by atoms with Crippen LogP contribution in [0.1, 0.15) is 10.4 Å². The fourth-order valence-electron chi connectivity index (χ4n) is 2.19. The third kappa shape index (κ3) is 4.53. The van der Waals surface area contributed by atoms with Crippen molar-refractivity contribution in [2.45, 2.75) is 0 Å². The van der Waals surface area contributed by atoms with Crippen molar-refractivity contribution in [2.75, 3.05) is 5.43 Å². The van der Waals surface area contributed by atoms with Crippen LogP contribution in [0.3, 0.4) is 0 Å². The first-order chi connectivity index (χ1) is 14.4. The van der Waals surface area contributed by atoms with Gasteiger partial charge in [-0.15, -0.1) is 0 Å². The molecule has 0 saturated heterocycles. The van der Waals surface area contributed by atoms with Crippen molar-refractivity contribution in [3.05, 3.63) is 79.9 Å². The number of nitro benzene ring substituents is 1. The van der Waals surface area contributed by atoms with Crippen molar-refractivity contribution in [3.8, 4) is 11.6 Å². The average molecular weight is 432 g/mol. The van der Waals surface area contributed by atoms with Crippen LogP contribution in [0.2, 0.25) is 5.02 Å². The van der Waals surface area contributed by atoms with Crippen LogP contribution in [0.15, 0.2) is 49.1 Å². The molecule has 0 spiro atoms. The van der Waals surface area contributed by atoms with E-state index in [2.05, 4.69) is 25.8 Å². The van der Waals surface area contributed by atoms with Crippen LogP contribution in [-0.2, 0) is 0 Å². The highest BCUT2D eigenvalue weighted by Crippen LogP contribution is 2.33. The van der Waals surface area contributed by atoms with Crippen LogP contribution in [0.4, 0.5) is 17.2 Å². The number of nitrogens with one attached hydrogen (secondary N) is 2. The summed E-state index contributed by atoms with van der Waals surface area (Å²) >= 11 is 5.71. The molecular formula is C16H10ClN7O6. The summed E-state index contributed by atoms with van der Waals surface area (Å²) in [4.78, 5) is 44.5. The lowest BCUT2D eigenvalue weighted by Crippen LogP contribution is -2.30. The number of pyridine rings is 1. The van der Waals surface area contributed by atoms with E-state index >= 15 is 0 Å². The van der Waals surface area contributed by atoms with Gasteiger partial charge in [-0.05, 0) is 24.3 Å². The Morgan fingerprint density at radius 1 is 1.13 bits per heavy atom. The number of carbonyl (C=O) groups excluding carboxylic acids is 1. The average Bonchev–Trinajstić information content (AvgIpc) is 2.72. The van der Waals surface area contributed by atoms with Crippen LogP contribution in [0.5, 0.6) is 11.6 Å². The standard InChI is InChI=1S/C16H10ClN7O6/c17-11-4-3-9(6-12(11)23(26)27)15(25)22-21-14-13(24(28)29)16(20-8-19-14)30-10-2-1-5-18-7-10/h1-8H,(H,22,25)(H,19,20,21). The highest BCUT2D eigenvalue weighted by atomic mass is 35.5. The minimum Gasteiger partial charge on any atom is -0.432 e. The van der Waals surface area contributed by atoms with Crippen molar-refractivity contribution >= 4 is 34.7 Å². The molecule has 0 saturated carbocycles. The number of hydrazine groups is 1. The molecule has 14 heteroatoms. The van der Waals surface area contributed by atoms with Crippen LogP contribution in [-0.4, -0.2) is 30.7 Å². The molecule has 0 aliphatic carbocycles. The summed E-state index contributed by atoms with van der Waals surface area (Å²) in [6, 6.07) is 6.47. The summed E-state index contributed by atoms with van der Waals surface area (Å²) in [5, 5.41) is 22.3. The topological polar surface area (TPSA) is 175 Å². The molecule has 0 radical (unpaired) electrons. The maximum Gasteiger partial charge on any atom is 0.374 e. The van der Waals surface area contributed by atoms with E-state index in [-0.39, 0.29) is 28.0 Å². The van der Waals surface area contributed by atoms with Crippen molar-refractivity contribution in [3.63, 3.8) is 0 Å². The largest absolute Gasteiger partial charge is 0.432 e. The van der Waals surface area contributed by atoms with E-state index in [1.54, 1.807) is 6.07 Å². The van der Waals surface area contributed by atoms with Gasteiger partial charge in [0.2, 0.25) is 5.82 Å². The number of nitro groups is 2. The molecule has 3 aromatic rings. The molecule has 2 aromatic heterocycles. The first-order valence-corrected chi connectivity index (χ1v) is 8.32. The molecule has 152 valence electrons. The number of rotatable bonds is 7. The second kappa shape index (κ2) is 8.74. The van der Waals surface area contributed by atoms with E-state index in [9.17, 15) is 25.0 Å². The summed E-state index contributed by atoms with van der Waals surface area (Å²) < 4.78 is 5.36. The molecule has 1 aromatic carbocycles. The summed E-state index contributed by atoms with van der Waals surface area (Å²) in [6.07, 6.45) is 3.80. The number of anilines is 1. The van der Waals surface area contributed by atoms with E-state index in [1.807, 2.05) is 0 Å². The summed E-state index contributed by atoms with van der Waals surface area (Å²) in [5.74, 6) is -1.38. The lowest BCUT2D eigenvalue weighted by atomic mass is 10.2. The predicted molar refractivity (Wildman–Crippen MR) is 102 cm³/mol. The Hall–Kier alpha value is -4.39. The normalized spacial score (nSPS) is 10.2. The second-order valence-corrected chi connectivity index (χ2v) is 5.83. The van der Waals surface area contributed by atoms with Crippen molar-refractivity contribution in [2.24, 2.45) is 0 Å². The molecule has 0 bridgehead atoms. The van der Waals surface area contributed by atoms with Gasteiger partial charge in [-0.3, -0.25) is 40.9 Å². The molecule has 1 amide bonds. The van der Waals surface area contributed by atoms with E-state index < -0.39 is 27.1 Å². The van der Waals surface area contributed by atoms with E-state index in [0.29, 0.717) is 0 Å². The summed E-state index contributed by atoms with van der Waals surface area (Å²) in [5.41, 5.74) is 3.24. The molecule has 0 aliphatic heterocycles. The fraction of sp³-hybridized carbons (Fsp3) is 0. The van der Waals surface area contributed by atoms with E-state index in [0.717, 1.165) is 12.4 Å². The smallest absolute Gasteiger partial charge is 0.374 e. The number of halogens is 1. The first-order valence-electron chi connectivity index (χ1n) is 7.94. The Morgan fingerprint density at radius 2 is 1.93 bits per heavy atom. The highest BCUT2D eigenvalue weighted by molar-refractivity contribution is 6.32. The highest BCUT2D eigenvalue weighted by Gasteiger charge is 2.26. The molecule has 0 fully saturated rings. The van der Waals surface area contributed by atoms with Gasteiger partial charge in [-0.2, -0.15) is 4.98 Å². The number of amides is 1. The van der Waals surface area contributed by atoms with Crippen LogP contribution >= 0.6 is 11.6 Å². The number of hydrogen-bond donors (Lipinski definition) is 2. The molecular weight excluding hydrogens is 422 g/mol. The SMILES string of the molecule is O=C(NNc1ncnc(Oc2cccnc2)c1[N+](=O)[O-])c1ccc(Cl)c([N+](=O)[O-])c1. The Kier molecular flexibility index (Phi) is 5.93. The van der Waals surface area contributed by atoms with Gasteiger partial charge in [0, 0.05) is 17.8 Å². The van der Waals surface area contributed by atoms with Gasteiger partial charge in [-0.1, -0.05) is 11.6 Å². The molecule has 3 rings (SSSR count). The molecule has 30 heavy (non-hydrogen) atoms. The number of aromatic nitrogens is 3. The molecule has 0 atom stereocenters. The predicted octanol–water partition coefficient (Wildman–Crippen LogP) is 2.89. The van der Waals surface area contributed by atoms with Crippen molar-refractivity contribution in [1.29, 1.82) is 0 Å². The van der Waals surface area contributed by atoms with Crippen molar-refractivity contribution < 1.29 is 19.4 Å². The zero-order valence-electron chi connectivity index (χ0n) is 14.7. The summed E-state index contributed by atoms with van der Waals surface area (Å²) in [7, 11) is 0. The van der Waals surface area contributed by atoms with Gasteiger partial charge < -0.3 is 4.74 Å². The molecule has 2 heterocycles. The maximum atomic E-state index is 12.3. The maximum absolute atomic E-state index is 12.3. The van der Waals surface area contributed by atoms with Gasteiger partial charge in [-0.25, -0.2) is 4.98 Å². The minimum absolute atomic E-state index is 0.109. The Balaban J connectivity index is 1.82. The molecule has 13 nitrogen and oxygen atoms in total. The zero-order valence-corrected chi connectivity index (χ0v) is 15.4. The molecule has 0 unspecified atom stereocenters. The van der Waals surface area contributed by atoms with Crippen LogP contribution in [0.25, 0.3) is 0 Å². The Bertz CT molecular complexity index is 1130. The van der Waals surface area contributed by atoms with Gasteiger partial charge in [0.1, 0.15) is 17.1 Å². The number of benzene rings is 1. The number of ether oxygens (including phenoxy) is 1. The van der Waals surface area contributed by atoms with E-state index in [1.165, 1.54) is 30.6 Å². The fourth-order valence-corrected chi connectivity index (χ4v) is 2.38. The van der Waals surface area contributed by atoms with Crippen molar-refractivity contribution in [1.82, 2.24) is 20.4 Å². The number of nitrogens with zero attached hydrogens (tertiary/aromatic N) is 5. The zero-order chi connectivity index (χ0) is 21.7. The second-order valence-electron chi connectivity index (χ2n) is 5.43. The minimum atomic E-state index is -0.822. The lowest BCUT2D eigenvalue weighted by molar-refractivity contribution is -0.385. The molecule has 2 N–H and O–H groups in total. The van der Waals surface area contributed by atoms with Gasteiger partial charge in [0.15, 0.2) is 0 Å². The number of carbonyl (C=O) groups is 1. The third-order valence-corrected chi connectivity index (χ3v) is 3.84. The Labute approximate surface area is 172 Å². The first kappa shape index (κ1) is 20.3. The van der Waals surface area contributed by atoms with Gasteiger partial charge in [0.25, 0.3) is 11.6 Å². The monoisotopic (exact) mass is 431 g/mol. The number of hydrogen-bond acceptors (Lipinski definition) is 10. The quantitative estimate of drug-likeness (QED) is 0.417.